The Labute approximate surface area is 85.3 Å². The number of rotatable bonds is 5. The third kappa shape index (κ3) is 5.16. The van der Waals surface area contributed by atoms with Crippen LogP contribution in [-0.4, -0.2) is 49.0 Å². The molecule has 4 heteroatoms. The highest BCUT2D eigenvalue weighted by Crippen LogP contribution is 1.98. The third-order valence-corrected chi connectivity index (χ3v) is 2.60. The van der Waals surface area contributed by atoms with Crippen molar-refractivity contribution in [1.82, 2.24) is 10.2 Å². The molecule has 0 aliphatic carbocycles. The van der Waals surface area contributed by atoms with Crippen LogP contribution in [-0.2, 0) is 4.79 Å². The average molecular weight is 204 g/mol. The molecule has 0 aliphatic rings. The van der Waals surface area contributed by atoms with E-state index in [1.807, 2.05) is 6.92 Å². The van der Waals surface area contributed by atoms with Crippen LogP contribution in [0, 0.1) is 0 Å². The third-order valence-electron chi connectivity index (χ3n) is 1.76. The van der Waals surface area contributed by atoms with Gasteiger partial charge in [-0.05, 0) is 20.1 Å². The molecule has 2 unspecified atom stereocenters. The van der Waals surface area contributed by atoms with Crippen molar-refractivity contribution in [2.45, 2.75) is 25.9 Å². The zero-order valence-corrected chi connectivity index (χ0v) is 9.94. The molecule has 0 aromatic carbocycles. The maximum atomic E-state index is 11.4. The highest BCUT2D eigenvalue weighted by Gasteiger charge is 2.15. The molecule has 0 rings (SSSR count). The Morgan fingerprint density at radius 2 is 2.00 bits per heavy atom. The highest BCUT2D eigenvalue weighted by molar-refractivity contribution is 7.98. The molecule has 0 aliphatic heterocycles. The Kier molecular flexibility index (Phi) is 6.16. The number of likely N-dealkylation sites (N-methyl/N-ethyl adjacent to an activating group) is 1. The van der Waals surface area contributed by atoms with Gasteiger partial charge in [-0.15, -0.1) is 0 Å². The average Bonchev–Trinajstić information content (AvgIpc) is 2.03. The lowest BCUT2D eigenvalue weighted by Crippen LogP contribution is -2.45. The van der Waals surface area contributed by atoms with Gasteiger partial charge in [0.1, 0.15) is 0 Å². The van der Waals surface area contributed by atoms with Crippen LogP contribution in [0.1, 0.15) is 13.8 Å². The van der Waals surface area contributed by atoms with Crippen LogP contribution in [0.4, 0.5) is 0 Å². The minimum absolute atomic E-state index is 0.0860. The number of carbonyl (C=O) groups is 1. The molecule has 3 nitrogen and oxygen atoms in total. The van der Waals surface area contributed by atoms with Gasteiger partial charge in [0.15, 0.2) is 0 Å². The Morgan fingerprint density at radius 3 is 2.38 bits per heavy atom. The lowest BCUT2D eigenvalue weighted by Gasteiger charge is -2.21. The number of carbonyl (C=O) groups excluding carboxylic acids is 1. The number of hydrogen-bond donors (Lipinski definition) is 1. The molecule has 0 radical (unpaired) electrons. The van der Waals surface area contributed by atoms with E-state index in [1.54, 1.807) is 30.8 Å². The molecule has 78 valence electrons. The van der Waals surface area contributed by atoms with Crippen molar-refractivity contribution in [1.29, 1.82) is 0 Å². The largest absolute Gasteiger partial charge is 0.347 e. The van der Waals surface area contributed by atoms with E-state index in [4.69, 9.17) is 0 Å². The minimum Gasteiger partial charge on any atom is -0.347 e. The molecule has 0 aromatic rings. The molecular weight excluding hydrogens is 184 g/mol. The van der Waals surface area contributed by atoms with Crippen LogP contribution in [0.2, 0.25) is 0 Å². The van der Waals surface area contributed by atoms with Gasteiger partial charge in [-0.3, -0.25) is 4.79 Å². The summed E-state index contributed by atoms with van der Waals surface area (Å²) < 4.78 is 0. The monoisotopic (exact) mass is 204 g/mol. The Bertz CT molecular complexity index is 162. The van der Waals surface area contributed by atoms with Crippen molar-refractivity contribution in [3.05, 3.63) is 0 Å². The normalized spacial score (nSPS) is 15.2. The molecule has 0 aromatic heterocycles. The van der Waals surface area contributed by atoms with Gasteiger partial charge in [0.05, 0.1) is 6.04 Å². The van der Waals surface area contributed by atoms with Gasteiger partial charge in [0, 0.05) is 25.9 Å². The second kappa shape index (κ2) is 6.27. The van der Waals surface area contributed by atoms with Gasteiger partial charge >= 0.3 is 0 Å². The van der Waals surface area contributed by atoms with Gasteiger partial charge in [0.2, 0.25) is 5.91 Å². The predicted molar refractivity (Wildman–Crippen MR) is 59.1 cm³/mol. The molecule has 0 saturated carbocycles. The number of nitrogens with one attached hydrogen (secondary N) is 1. The van der Waals surface area contributed by atoms with E-state index < -0.39 is 0 Å². The summed E-state index contributed by atoms with van der Waals surface area (Å²) in [5.74, 6) is 1.17. The van der Waals surface area contributed by atoms with E-state index in [9.17, 15) is 4.79 Å². The molecule has 0 spiro atoms. The Hall–Kier alpha value is -0.220. The van der Waals surface area contributed by atoms with E-state index in [2.05, 4.69) is 18.5 Å². The van der Waals surface area contributed by atoms with Crippen molar-refractivity contribution in [2.24, 2.45) is 0 Å². The first-order valence-electron chi connectivity index (χ1n) is 4.45. The molecule has 0 heterocycles. The van der Waals surface area contributed by atoms with Crippen molar-refractivity contribution in [3.63, 3.8) is 0 Å². The van der Waals surface area contributed by atoms with Gasteiger partial charge in [-0.25, -0.2) is 0 Å². The number of thioether (sulfide) groups is 1. The maximum absolute atomic E-state index is 11.4. The molecule has 0 saturated heterocycles. The maximum Gasteiger partial charge on any atom is 0.238 e. The highest BCUT2D eigenvalue weighted by atomic mass is 32.2. The van der Waals surface area contributed by atoms with E-state index in [-0.39, 0.29) is 11.9 Å². The second-order valence-electron chi connectivity index (χ2n) is 3.48. The summed E-state index contributed by atoms with van der Waals surface area (Å²) in [4.78, 5) is 13.1. The van der Waals surface area contributed by atoms with E-state index >= 15 is 0 Å². The lowest BCUT2D eigenvalue weighted by molar-refractivity contribution is -0.130. The zero-order valence-electron chi connectivity index (χ0n) is 9.13. The van der Waals surface area contributed by atoms with E-state index in [1.165, 1.54) is 0 Å². The van der Waals surface area contributed by atoms with Gasteiger partial charge in [-0.1, -0.05) is 0 Å². The fourth-order valence-corrected chi connectivity index (χ4v) is 1.78. The molecule has 1 N–H and O–H groups in total. The Morgan fingerprint density at radius 1 is 1.46 bits per heavy atom. The van der Waals surface area contributed by atoms with Crippen molar-refractivity contribution < 1.29 is 4.79 Å². The molecule has 0 bridgehead atoms. The summed E-state index contributed by atoms with van der Waals surface area (Å²) in [6.07, 6.45) is 2.07. The first-order valence-corrected chi connectivity index (χ1v) is 5.84. The van der Waals surface area contributed by atoms with Crippen LogP contribution in [0.25, 0.3) is 0 Å². The predicted octanol–water partition coefficient (Wildman–Crippen LogP) is 0.804. The van der Waals surface area contributed by atoms with Gasteiger partial charge in [-0.2, -0.15) is 11.8 Å². The lowest BCUT2D eigenvalue weighted by atomic mass is 10.2. The molecule has 0 fully saturated rings. The van der Waals surface area contributed by atoms with E-state index in [0.717, 1.165) is 5.75 Å². The molecule has 2 atom stereocenters. The first-order chi connectivity index (χ1) is 5.99. The standard InChI is InChI=1S/C9H20N2OS/c1-7(6-13-5)10-8(2)9(12)11(3)4/h7-8,10H,6H2,1-5H3. The van der Waals surface area contributed by atoms with Crippen LogP contribution < -0.4 is 5.32 Å². The first kappa shape index (κ1) is 12.8. The van der Waals surface area contributed by atoms with Crippen molar-refractivity contribution in [2.75, 3.05) is 26.1 Å². The SMILES string of the molecule is CSCC(C)NC(C)C(=O)N(C)C. The van der Waals surface area contributed by atoms with Crippen molar-refractivity contribution in [3.8, 4) is 0 Å². The number of nitrogens with zero attached hydrogens (tertiary/aromatic N) is 1. The second-order valence-corrected chi connectivity index (χ2v) is 4.39. The molecule has 13 heavy (non-hydrogen) atoms. The van der Waals surface area contributed by atoms with Crippen LogP contribution >= 0.6 is 11.8 Å². The topological polar surface area (TPSA) is 32.3 Å². The van der Waals surface area contributed by atoms with Crippen LogP contribution in [0.5, 0.6) is 0 Å². The minimum atomic E-state index is -0.0860. The summed E-state index contributed by atoms with van der Waals surface area (Å²) in [5, 5.41) is 3.25. The molecular formula is C9H20N2OS. The summed E-state index contributed by atoms with van der Waals surface area (Å²) in [7, 11) is 3.56. The smallest absolute Gasteiger partial charge is 0.238 e. The summed E-state index contributed by atoms with van der Waals surface area (Å²) in [6.45, 7) is 4.00. The van der Waals surface area contributed by atoms with E-state index in [0.29, 0.717) is 6.04 Å². The number of hydrogen-bond acceptors (Lipinski definition) is 3. The van der Waals surface area contributed by atoms with Crippen molar-refractivity contribution >= 4 is 17.7 Å². The fraction of sp³-hybridized carbons (Fsp3) is 0.889. The molecule has 1 amide bonds. The zero-order chi connectivity index (χ0) is 10.4. The quantitative estimate of drug-likeness (QED) is 0.719. The summed E-state index contributed by atoms with van der Waals surface area (Å²) in [5.41, 5.74) is 0. The fourth-order valence-electron chi connectivity index (χ4n) is 1.18. The van der Waals surface area contributed by atoms with Gasteiger partial charge < -0.3 is 10.2 Å². The number of amides is 1. The van der Waals surface area contributed by atoms with Gasteiger partial charge in [0.25, 0.3) is 0 Å². The van der Waals surface area contributed by atoms with Crippen LogP contribution in [0.15, 0.2) is 0 Å². The van der Waals surface area contributed by atoms with Crippen LogP contribution in [0.3, 0.4) is 0 Å². The summed E-state index contributed by atoms with van der Waals surface area (Å²) in [6, 6.07) is 0.297. The summed E-state index contributed by atoms with van der Waals surface area (Å²) >= 11 is 1.78. The Balaban J connectivity index is 3.85.